The molecule has 0 radical (unpaired) electrons. The second-order valence-electron chi connectivity index (χ2n) is 10.1. The highest BCUT2D eigenvalue weighted by Crippen LogP contribution is 2.41. The number of furan rings is 1. The van der Waals surface area contributed by atoms with Crippen molar-refractivity contribution in [1.29, 1.82) is 0 Å². The zero-order valence-electron chi connectivity index (χ0n) is 23.2. The number of hydrogen-bond acceptors (Lipinski definition) is 5. The zero-order chi connectivity index (χ0) is 27.5. The van der Waals surface area contributed by atoms with Crippen LogP contribution in [0.2, 0.25) is 0 Å². The van der Waals surface area contributed by atoms with Crippen LogP contribution in [0.5, 0.6) is 0 Å². The van der Waals surface area contributed by atoms with Crippen LogP contribution >= 0.6 is 0 Å². The van der Waals surface area contributed by atoms with E-state index in [0.29, 0.717) is 42.1 Å². The minimum absolute atomic E-state index is 0.0393. The van der Waals surface area contributed by atoms with Crippen LogP contribution in [0.1, 0.15) is 59.9 Å². The summed E-state index contributed by atoms with van der Waals surface area (Å²) in [6.07, 6.45) is 1.20. The summed E-state index contributed by atoms with van der Waals surface area (Å²) in [7, 11) is 0. The van der Waals surface area contributed by atoms with Crippen molar-refractivity contribution in [3.8, 4) is 22.5 Å². The van der Waals surface area contributed by atoms with Gasteiger partial charge in [-0.15, -0.1) is 0 Å². The molecule has 1 aromatic heterocycles. The van der Waals surface area contributed by atoms with Crippen LogP contribution in [0.25, 0.3) is 33.4 Å². The molecule has 2 heterocycles. The number of fused-ring (bicyclic) bond motifs is 1. The van der Waals surface area contributed by atoms with E-state index in [1.165, 1.54) is 0 Å². The zero-order valence-corrected chi connectivity index (χ0v) is 23.2. The van der Waals surface area contributed by atoms with E-state index >= 15 is 0 Å². The van der Waals surface area contributed by atoms with E-state index in [-0.39, 0.29) is 17.7 Å². The molecule has 202 valence electrons. The van der Waals surface area contributed by atoms with Crippen LogP contribution in [0, 0.1) is 6.92 Å². The van der Waals surface area contributed by atoms with Crippen molar-refractivity contribution in [1.82, 2.24) is 5.32 Å². The predicted octanol–water partition coefficient (Wildman–Crippen LogP) is 7.03. The van der Waals surface area contributed by atoms with Crippen molar-refractivity contribution in [3.05, 3.63) is 77.4 Å². The van der Waals surface area contributed by atoms with Gasteiger partial charge in [0.05, 0.1) is 18.2 Å². The second kappa shape index (κ2) is 11.5. The van der Waals surface area contributed by atoms with E-state index in [0.717, 1.165) is 52.8 Å². The Hall–Kier alpha value is -3.90. The minimum atomic E-state index is -0.107. The van der Waals surface area contributed by atoms with Gasteiger partial charge in [-0.25, -0.2) is 0 Å². The molecule has 0 bridgehead atoms. The predicted molar refractivity (Wildman–Crippen MR) is 157 cm³/mol. The summed E-state index contributed by atoms with van der Waals surface area (Å²) in [6.45, 7) is 11.0. The van der Waals surface area contributed by atoms with Crippen LogP contribution in [0.4, 0.5) is 5.69 Å². The number of carbonyl (C=O) groups excluding carboxylic acids is 2. The fourth-order valence-corrected chi connectivity index (χ4v) is 5.30. The lowest BCUT2D eigenvalue weighted by molar-refractivity contribution is 0.0929. The number of ether oxygens (including phenoxy) is 1. The monoisotopic (exact) mass is 524 g/mol. The molecule has 0 aliphatic carbocycles. The molecule has 1 aliphatic heterocycles. The first kappa shape index (κ1) is 26.7. The fraction of sp³-hybridized carbons (Fsp3) is 0.333. The summed E-state index contributed by atoms with van der Waals surface area (Å²) in [5.74, 6) is 0.536. The highest BCUT2D eigenvalue weighted by atomic mass is 16.5. The van der Waals surface area contributed by atoms with Crippen LogP contribution in [-0.4, -0.2) is 44.0 Å². The molecule has 1 amide bonds. The van der Waals surface area contributed by atoms with Crippen molar-refractivity contribution < 1.29 is 18.7 Å². The van der Waals surface area contributed by atoms with E-state index in [4.69, 9.17) is 9.15 Å². The molecule has 0 saturated carbocycles. The van der Waals surface area contributed by atoms with Gasteiger partial charge >= 0.3 is 0 Å². The van der Waals surface area contributed by atoms with Crippen LogP contribution in [0.3, 0.4) is 0 Å². The molecule has 1 N–H and O–H groups in total. The molecule has 6 nitrogen and oxygen atoms in total. The van der Waals surface area contributed by atoms with E-state index in [2.05, 4.69) is 30.1 Å². The van der Waals surface area contributed by atoms with Gasteiger partial charge in [-0.3, -0.25) is 9.59 Å². The topological polar surface area (TPSA) is 71.8 Å². The molecule has 4 aromatic rings. The van der Waals surface area contributed by atoms with Gasteiger partial charge in [-0.2, -0.15) is 0 Å². The number of amides is 1. The van der Waals surface area contributed by atoms with Gasteiger partial charge in [-0.1, -0.05) is 48.9 Å². The van der Waals surface area contributed by atoms with Crippen LogP contribution in [0.15, 0.2) is 65.1 Å². The molecule has 1 aliphatic rings. The van der Waals surface area contributed by atoms with E-state index in [1.54, 1.807) is 0 Å². The molecule has 6 heteroatoms. The van der Waals surface area contributed by atoms with Crippen molar-refractivity contribution in [3.63, 3.8) is 0 Å². The summed E-state index contributed by atoms with van der Waals surface area (Å²) in [6, 6.07) is 19.9. The number of Topliss-reactive ketones (excluding diaryl/α,β-unsaturated/α-hetero) is 1. The second-order valence-corrected chi connectivity index (χ2v) is 10.1. The molecule has 39 heavy (non-hydrogen) atoms. The van der Waals surface area contributed by atoms with Gasteiger partial charge in [-0.05, 0) is 51.0 Å². The summed E-state index contributed by atoms with van der Waals surface area (Å²) in [5.41, 5.74) is 6.81. The SMILES string of the molecule is CCC(=O)c1c(-c2ccc(C)cc2)oc2cc(N(CC)CC)c(-c3cccc(C(=O)NC4CCOC4)c3)cc12. The van der Waals surface area contributed by atoms with Crippen molar-refractivity contribution in [2.45, 2.75) is 46.6 Å². The maximum Gasteiger partial charge on any atom is 0.251 e. The lowest BCUT2D eigenvalue weighted by atomic mass is 9.95. The maximum absolute atomic E-state index is 13.3. The molecule has 1 saturated heterocycles. The Morgan fingerprint density at radius 1 is 0.974 bits per heavy atom. The number of anilines is 1. The lowest BCUT2D eigenvalue weighted by Gasteiger charge is -2.24. The van der Waals surface area contributed by atoms with Gasteiger partial charge in [0.15, 0.2) is 5.78 Å². The average Bonchev–Trinajstić information content (AvgIpc) is 3.61. The van der Waals surface area contributed by atoms with Gasteiger partial charge < -0.3 is 19.4 Å². The highest BCUT2D eigenvalue weighted by molar-refractivity contribution is 6.13. The Labute approximate surface area is 230 Å². The lowest BCUT2D eigenvalue weighted by Crippen LogP contribution is -2.34. The number of aryl methyl sites for hydroxylation is 1. The number of nitrogens with zero attached hydrogens (tertiary/aromatic N) is 1. The molecule has 1 fully saturated rings. The molecule has 1 atom stereocenters. The molecular weight excluding hydrogens is 488 g/mol. The third-order valence-electron chi connectivity index (χ3n) is 7.52. The van der Waals surface area contributed by atoms with Crippen LogP contribution in [-0.2, 0) is 4.74 Å². The number of ketones is 1. The first-order valence-electron chi connectivity index (χ1n) is 13.9. The standard InChI is InChI=1S/C33H36N2O4/c1-5-29(36)31-27-18-26(23-9-8-10-24(17-23)33(37)34-25-15-16-38-20-25)28(35(6-2)7-3)19-30(27)39-32(31)22-13-11-21(4)12-14-22/h8-14,17-19,25H,5-7,15-16,20H2,1-4H3,(H,34,37). The Morgan fingerprint density at radius 3 is 2.41 bits per heavy atom. The largest absolute Gasteiger partial charge is 0.455 e. The Kier molecular flexibility index (Phi) is 7.84. The summed E-state index contributed by atoms with van der Waals surface area (Å²) in [5, 5.41) is 3.88. The molecule has 0 spiro atoms. The Bertz CT molecular complexity index is 1490. The number of carbonyl (C=O) groups is 2. The number of rotatable bonds is 9. The number of nitrogens with one attached hydrogen (secondary N) is 1. The van der Waals surface area contributed by atoms with E-state index in [9.17, 15) is 9.59 Å². The van der Waals surface area contributed by atoms with Gasteiger partial charge in [0.1, 0.15) is 11.3 Å². The van der Waals surface area contributed by atoms with Crippen molar-refractivity contribution in [2.24, 2.45) is 0 Å². The molecule has 5 rings (SSSR count). The molecule has 3 aromatic carbocycles. The normalized spacial score (nSPS) is 15.0. The van der Waals surface area contributed by atoms with Crippen LogP contribution < -0.4 is 10.2 Å². The molecular formula is C33H36N2O4. The number of hydrogen-bond donors (Lipinski definition) is 1. The summed E-state index contributed by atoms with van der Waals surface area (Å²) < 4.78 is 11.8. The fourth-order valence-electron chi connectivity index (χ4n) is 5.30. The Balaban J connectivity index is 1.68. The van der Waals surface area contributed by atoms with Crippen molar-refractivity contribution >= 4 is 28.3 Å². The maximum atomic E-state index is 13.3. The Morgan fingerprint density at radius 2 is 1.74 bits per heavy atom. The third-order valence-corrected chi connectivity index (χ3v) is 7.52. The number of benzene rings is 3. The van der Waals surface area contributed by atoms with Gasteiger partial charge in [0, 0.05) is 59.9 Å². The highest BCUT2D eigenvalue weighted by Gasteiger charge is 2.25. The van der Waals surface area contributed by atoms with Gasteiger partial charge in [0.25, 0.3) is 5.91 Å². The first-order valence-corrected chi connectivity index (χ1v) is 13.9. The average molecular weight is 525 g/mol. The molecule has 1 unspecified atom stereocenters. The van der Waals surface area contributed by atoms with E-state index in [1.807, 2.05) is 68.4 Å². The summed E-state index contributed by atoms with van der Waals surface area (Å²) in [4.78, 5) is 28.6. The third kappa shape index (κ3) is 5.34. The van der Waals surface area contributed by atoms with Crippen molar-refractivity contribution in [2.75, 3.05) is 31.2 Å². The van der Waals surface area contributed by atoms with Gasteiger partial charge in [0.2, 0.25) is 0 Å². The first-order chi connectivity index (χ1) is 18.9. The quantitative estimate of drug-likeness (QED) is 0.238. The minimum Gasteiger partial charge on any atom is -0.455 e. The summed E-state index contributed by atoms with van der Waals surface area (Å²) >= 11 is 0. The smallest absolute Gasteiger partial charge is 0.251 e. The van der Waals surface area contributed by atoms with E-state index < -0.39 is 0 Å².